The predicted molar refractivity (Wildman–Crippen MR) is 70.6 cm³/mol. The summed E-state index contributed by atoms with van der Waals surface area (Å²) >= 11 is 0. The van der Waals surface area contributed by atoms with Crippen molar-refractivity contribution in [1.29, 1.82) is 0 Å². The fourth-order valence-corrected chi connectivity index (χ4v) is 3.70. The molecule has 0 amide bonds. The highest BCUT2D eigenvalue weighted by molar-refractivity contribution is 4.76. The lowest BCUT2D eigenvalue weighted by Gasteiger charge is -2.31. The molecule has 0 radical (unpaired) electrons. The number of hydrogen-bond donors (Lipinski definition) is 0. The Morgan fingerprint density at radius 1 is 0.875 bits per heavy atom. The van der Waals surface area contributed by atoms with Crippen LogP contribution in [0.25, 0.3) is 0 Å². The van der Waals surface area contributed by atoms with Gasteiger partial charge in [-0.05, 0) is 56.5 Å². The van der Waals surface area contributed by atoms with E-state index in [0.717, 1.165) is 17.8 Å². The van der Waals surface area contributed by atoms with Gasteiger partial charge in [-0.15, -0.1) is 0 Å². The second-order valence-corrected chi connectivity index (χ2v) is 6.49. The molecule has 2 aliphatic rings. The van der Waals surface area contributed by atoms with E-state index in [1.54, 1.807) is 0 Å². The van der Waals surface area contributed by atoms with Crippen molar-refractivity contribution in [2.24, 2.45) is 17.8 Å². The molecule has 94 valence electrons. The Bertz CT molecular complexity index is 184. The molecule has 1 aliphatic heterocycles. The lowest BCUT2D eigenvalue weighted by molar-refractivity contribution is 0.176. The second kappa shape index (κ2) is 6.05. The van der Waals surface area contributed by atoms with Gasteiger partial charge in [-0.2, -0.15) is 0 Å². The van der Waals surface area contributed by atoms with Crippen molar-refractivity contribution in [2.75, 3.05) is 19.6 Å². The molecule has 2 fully saturated rings. The Morgan fingerprint density at radius 2 is 1.44 bits per heavy atom. The van der Waals surface area contributed by atoms with Crippen LogP contribution >= 0.6 is 0 Å². The van der Waals surface area contributed by atoms with Gasteiger partial charge in [-0.1, -0.05) is 33.1 Å². The van der Waals surface area contributed by atoms with Gasteiger partial charge in [0.25, 0.3) is 0 Å². The molecule has 0 spiro atoms. The lowest BCUT2D eigenvalue weighted by Crippen LogP contribution is -2.34. The molecule has 0 aromatic rings. The Kier molecular flexibility index (Phi) is 4.69. The molecule has 1 unspecified atom stereocenters. The molecule has 1 heteroatoms. The average Bonchev–Trinajstić information content (AvgIpc) is 2.42. The highest BCUT2D eigenvalue weighted by Gasteiger charge is 2.23. The first-order chi connectivity index (χ1) is 7.74. The van der Waals surface area contributed by atoms with Gasteiger partial charge in [0.05, 0.1) is 0 Å². The zero-order valence-electron chi connectivity index (χ0n) is 11.3. The quantitative estimate of drug-likeness (QED) is 0.641. The molecule has 1 aliphatic carbocycles. The van der Waals surface area contributed by atoms with Gasteiger partial charge in [0, 0.05) is 6.54 Å². The molecule has 1 saturated carbocycles. The fraction of sp³-hybridized carbons (Fsp3) is 1.00. The molecule has 0 aromatic carbocycles. The second-order valence-electron chi connectivity index (χ2n) is 6.49. The number of rotatable bonds is 2. The normalized spacial score (nSPS) is 38.2. The standard InChI is InChI=1S/C15H29N/c1-13-6-7-14(2)11-15(10-13)12-16-8-4-3-5-9-16/h13-15H,3-12H2,1-2H3/t13-,14?,15+/m0/s1. The van der Waals surface area contributed by atoms with Crippen molar-refractivity contribution in [3.8, 4) is 0 Å². The largest absolute Gasteiger partial charge is 0.303 e. The summed E-state index contributed by atoms with van der Waals surface area (Å²) in [4.78, 5) is 2.74. The summed E-state index contributed by atoms with van der Waals surface area (Å²) in [7, 11) is 0. The number of nitrogens with zero attached hydrogens (tertiary/aromatic N) is 1. The van der Waals surface area contributed by atoms with Crippen molar-refractivity contribution in [3.63, 3.8) is 0 Å². The van der Waals surface area contributed by atoms with Crippen molar-refractivity contribution >= 4 is 0 Å². The van der Waals surface area contributed by atoms with Gasteiger partial charge in [0.2, 0.25) is 0 Å². The molecule has 16 heavy (non-hydrogen) atoms. The van der Waals surface area contributed by atoms with Crippen LogP contribution in [0.15, 0.2) is 0 Å². The lowest BCUT2D eigenvalue weighted by atomic mass is 9.91. The third-order valence-electron chi connectivity index (χ3n) is 4.59. The van der Waals surface area contributed by atoms with Crippen LogP contribution in [-0.4, -0.2) is 24.5 Å². The summed E-state index contributed by atoms with van der Waals surface area (Å²) in [5.74, 6) is 2.94. The Hall–Kier alpha value is -0.0400. The maximum absolute atomic E-state index is 2.74. The van der Waals surface area contributed by atoms with E-state index in [2.05, 4.69) is 18.7 Å². The minimum Gasteiger partial charge on any atom is -0.303 e. The molecule has 2 rings (SSSR count). The first-order valence-electron chi connectivity index (χ1n) is 7.46. The van der Waals surface area contributed by atoms with Crippen LogP contribution in [0.2, 0.25) is 0 Å². The van der Waals surface area contributed by atoms with Gasteiger partial charge in [0.1, 0.15) is 0 Å². The Balaban J connectivity index is 1.81. The third kappa shape index (κ3) is 3.76. The molecular formula is C15H29N. The number of likely N-dealkylation sites (tertiary alicyclic amines) is 1. The van der Waals surface area contributed by atoms with E-state index in [1.807, 2.05) is 0 Å². The summed E-state index contributed by atoms with van der Waals surface area (Å²) < 4.78 is 0. The van der Waals surface area contributed by atoms with Gasteiger partial charge >= 0.3 is 0 Å². The maximum Gasteiger partial charge on any atom is 0.000986 e. The third-order valence-corrected chi connectivity index (χ3v) is 4.59. The van der Waals surface area contributed by atoms with E-state index in [9.17, 15) is 0 Å². The van der Waals surface area contributed by atoms with Crippen LogP contribution in [0.4, 0.5) is 0 Å². The van der Waals surface area contributed by atoms with Gasteiger partial charge in [0.15, 0.2) is 0 Å². The van der Waals surface area contributed by atoms with Crippen LogP contribution < -0.4 is 0 Å². The van der Waals surface area contributed by atoms with Crippen molar-refractivity contribution in [3.05, 3.63) is 0 Å². The smallest absolute Gasteiger partial charge is 0.000986 e. The Morgan fingerprint density at radius 3 is 2.00 bits per heavy atom. The summed E-state index contributed by atoms with van der Waals surface area (Å²) in [6.45, 7) is 9.07. The number of hydrogen-bond acceptors (Lipinski definition) is 1. The molecule has 1 saturated heterocycles. The SMILES string of the molecule is CC1CC[C@H](C)C[C@@H](CN2CCCCC2)C1. The minimum absolute atomic E-state index is 0.972. The first kappa shape index (κ1) is 12.4. The highest BCUT2D eigenvalue weighted by Crippen LogP contribution is 2.31. The van der Waals surface area contributed by atoms with Gasteiger partial charge in [-0.3, -0.25) is 0 Å². The van der Waals surface area contributed by atoms with E-state index in [4.69, 9.17) is 0 Å². The molecular weight excluding hydrogens is 194 g/mol. The summed E-state index contributed by atoms with van der Waals surface area (Å²) in [6.07, 6.45) is 10.3. The molecule has 3 atom stereocenters. The van der Waals surface area contributed by atoms with Crippen LogP contribution in [0, 0.1) is 17.8 Å². The number of piperidine rings is 1. The monoisotopic (exact) mass is 223 g/mol. The Labute approximate surface area is 102 Å². The van der Waals surface area contributed by atoms with Crippen molar-refractivity contribution in [1.82, 2.24) is 4.90 Å². The van der Waals surface area contributed by atoms with Crippen LogP contribution in [-0.2, 0) is 0 Å². The van der Waals surface area contributed by atoms with Crippen LogP contribution in [0.3, 0.4) is 0 Å². The van der Waals surface area contributed by atoms with Crippen molar-refractivity contribution < 1.29 is 0 Å². The summed E-state index contributed by atoms with van der Waals surface area (Å²) in [5.41, 5.74) is 0. The molecule has 1 heterocycles. The molecule has 0 N–H and O–H groups in total. The van der Waals surface area contributed by atoms with E-state index >= 15 is 0 Å². The van der Waals surface area contributed by atoms with E-state index in [-0.39, 0.29) is 0 Å². The summed E-state index contributed by atoms with van der Waals surface area (Å²) in [6, 6.07) is 0. The molecule has 1 nitrogen and oxygen atoms in total. The zero-order valence-corrected chi connectivity index (χ0v) is 11.3. The van der Waals surface area contributed by atoms with Gasteiger partial charge in [-0.25, -0.2) is 0 Å². The van der Waals surface area contributed by atoms with E-state index < -0.39 is 0 Å². The van der Waals surface area contributed by atoms with Crippen LogP contribution in [0.5, 0.6) is 0 Å². The first-order valence-corrected chi connectivity index (χ1v) is 7.46. The fourth-order valence-electron chi connectivity index (χ4n) is 3.70. The van der Waals surface area contributed by atoms with E-state index in [1.165, 1.54) is 64.6 Å². The summed E-state index contributed by atoms with van der Waals surface area (Å²) in [5, 5.41) is 0. The topological polar surface area (TPSA) is 3.24 Å². The highest BCUT2D eigenvalue weighted by atomic mass is 15.1. The predicted octanol–water partition coefficient (Wildman–Crippen LogP) is 3.93. The van der Waals surface area contributed by atoms with Crippen LogP contribution in [0.1, 0.15) is 58.8 Å². The zero-order chi connectivity index (χ0) is 11.4. The van der Waals surface area contributed by atoms with Crippen molar-refractivity contribution in [2.45, 2.75) is 58.8 Å². The molecule has 0 aromatic heterocycles. The maximum atomic E-state index is 2.74. The minimum atomic E-state index is 0.972. The van der Waals surface area contributed by atoms with Gasteiger partial charge < -0.3 is 4.90 Å². The molecule has 0 bridgehead atoms. The van der Waals surface area contributed by atoms with E-state index in [0.29, 0.717) is 0 Å². The average molecular weight is 223 g/mol.